The molecule has 0 amide bonds. The summed E-state index contributed by atoms with van der Waals surface area (Å²) in [4.78, 5) is 9.34. The van der Waals surface area contributed by atoms with Crippen LogP contribution in [-0.4, -0.2) is 81.3 Å². The number of para-hydroxylation sites is 1. The molecule has 2 N–H and O–H groups in total. The van der Waals surface area contributed by atoms with Gasteiger partial charge in [0.05, 0.1) is 6.54 Å². The number of halogens is 1. The highest BCUT2D eigenvalue weighted by atomic mass is 127. The summed E-state index contributed by atoms with van der Waals surface area (Å²) in [6.45, 7) is 10.8. The monoisotopic (exact) mass is 473 g/mol. The minimum absolute atomic E-state index is 0. The lowest BCUT2D eigenvalue weighted by Crippen LogP contribution is -2.49. The maximum atomic E-state index is 5.96. The molecular weight excluding hydrogens is 441 g/mol. The fourth-order valence-electron chi connectivity index (χ4n) is 3.46. The number of aliphatic imine (C=N–C) groups is 1. The molecule has 1 atom stereocenters. The third-order valence-corrected chi connectivity index (χ3v) is 5.07. The highest BCUT2D eigenvalue weighted by Gasteiger charge is 2.22. The van der Waals surface area contributed by atoms with Crippen molar-refractivity contribution in [1.82, 2.24) is 20.4 Å². The molecule has 26 heavy (non-hydrogen) atoms. The quantitative estimate of drug-likeness (QED) is 0.372. The minimum atomic E-state index is 0. The first-order valence-corrected chi connectivity index (χ1v) is 9.42. The van der Waals surface area contributed by atoms with Crippen molar-refractivity contribution in [2.24, 2.45) is 4.99 Å². The van der Waals surface area contributed by atoms with Crippen LogP contribution in [0.2, 0.25) is 0 Å². The highest BCUT2D eigenvalue weighted by molar-refractivity contribution is 14.0. The number of guanidine groups is 1. The van der Waals surface area contributed by atoms with E-state index in [9.17, 15) is 0 Å². The number of rotatable bonds is 6. The van der Waals surface area contributed by atoms with Gasteiger partial charge in [-0.15, -0.1) is 24.0 Å². The normalized spacial score (nSPS) is 20.8. The Labute approximate surface area is 174 Å². The Morgan fingerprint density at radius 3 is 2.58 bits per heavy atom. The van der Waals surface area contributed by atoms with E-state index in [-0.39, 0.29) is 30.1 Å². The van der Waals surface area contributed by atoms with Gasteiger partial charge in [0.1, 0.15) is 11.9 Å². The SMILES string of the molecule is CCN1CCN(CCNC(=NC)NCC2Cc3ccccc3O2)CC1.I. The standard InChI is InChI=1S/C19H31N5O.HI/c1-3-23-10-12-24(13-11-23)9-8-21-19(20-2)22-15-17-14-16-6-4-5-7-18(16)25-17;/h4-7,17H,3,8-15H2,1-2H3,(H2,20,21,22);1H. The van der Waals surface area contributed by atoms with E-state index in [2.05, 4.69) is 44.5 Å². The molecule has 0 saturated carbocycles. The van der Waals surface area contributed by atoms with Crippen molar-refractivity contribution in [2.45, 2.75) is 19.4 Å². The summed E-state index contributed by atoms with van der Waals surface area (Å²) >= 11 is 0. The van der Waals surface area contributed by atoms with Gasteiger partial charge in [-0.1, -0.05) is 25.1 Å². The van der Waals surface area contributed by atoms with Crippen LogP contribution in [0.5, 0.6) is 5.75 Å². The van der Waals surface area contributed by atoms with Crippen molar-refractivity contribution >= 4 is 29.9 Å². The molecule has 0 aliphatic carbocycles. The molecule has 0 bridgehead atoms. The van der Waals surface area contributed by atoms with E-state index in [1.807, 2.05) is 19.2 Å². The van der Waals surface area contributed by atoms with Gasteiger partial charge in [-0.05, 0) is 18.2 Å². The summed E-state index contributed by atoms with van der Waals surface area (Å²) < 4.78 is 5.96. The fourth-order valence-corrected chi connectivity index (χ4v) is 3.46. The third kappa shape index (κ3) is 5.99. The Bertz CT molecular complexity index is 550. The molecule has 6 nitrogen and oxygen atoms in total. The van der Waals surface area contributed by atoms with E-state index in [0.29, 0.717) is 0 Å². The third-order valence-electron chi connectivity index (χ3n) is 5.07. The Balaban J connectivity index is 0.00000243. The van der Waals surface area contributed by atoms with E-state index < -0.39 is 0 Å². The van der Waals surface area contributed by atoms with E-state index in [1.165, 1.54) is 18.7 Å². The van der Waals surface area contributed by atoms with Crippen LogP contribution in [0.25, 0.3) is 0 Å². The van der Waals surface area contributed by atoms with Crippen molar-refractivity contribution in [2.75, 3.05) is 59.4 Å². The summed E-state index contributed by atoms with van der Waals surface area (Å²) in [5, 5.41) is 6.80. The van der Waals surface area contributed by atoms with Gasteiger partial charge >= 0.3 is 0 Å². The van der Waals surface area contributed by atoms with Gasteiger partial charge < -0.3 is 20.3 Å². The second-order valence-electron chi connectivity index (χ2n) is 6.71. The number of ether oxygens (including phenoxy) is 1. The zero-order valence-corrected chi connectivity index (χ0v) is 18.2. The van der Waals surface area contributed by atoms with Gasteiger partial charge in [0.15, 0.2) is 5.96 Å². The molecule has 1 fully saturated rings. The van der Waals surface area contributed by atoms with Crippen LogP contribution < -0.4 is 15.4 Å². The molecule has 1 unspecified atom stereocenters. The molecule has 2 aliphatic heterocycles. The van der Waals surface area contributed by atoms with Crippen molar-refractivity contribution in [3.63, 3.8) is 0 Å². The smallest absolute Gasteiger partial charge is 0.191 e. The number of hydrogen-bond acceptors (Lipinski definition) is 4. The Hall–Kier alpha value is -1.06. The summed E-state index contributed by atoms with van der Waals surface area (Å²) in [5.41, 5.74) is 1.29. The predicted octanol–water partition coefficient (Wildman–Crippen LogP) is 1.41. The maximum Gasteiger partial charge on any atom is 0.191 e. The van der Waals surface area contributed by atoms with E-state index >= 15 is 0 Å². The maximum absolute atomic E-state index is 5.96. The molecule has 3 rings (SSSR count). The van der Waals surface area contributed by atoms with Crippen LogP contribution in [0.1, 0.15) is 12.5 Å². The van der Waals surface area contributed by atoms with E-state index in [0.717, 1.165) is 57.4 Å². The molecule has 1 aromatic carbocycles. The molecular formula is C19H32IN5O. The molecule has 2 aliphatic rings. The number of benzene rings is 1. The Morgan fingerprint density at radius 1 is 1.15 bits per heavy atom. The van der Waals surface area contributed by atoms with Crippen LogP contribution in [0.15, 0.2) is 29.3 Å². The van der Waals surface area contributed by atoms with Crippen molar-refractivity contribution in [3.8, 4) is 5.75 Å². The molecule has 0 aromatic heterocycles. The van der Waals surface area contributed by atoms with E-state index in [1.54, 1.807) is 0 Å². The molecule has 0 spiro atoms. The van der Waals surface area contributed by atoms with Gasteiger partial charge in [0, 0.05) is 52.7 Å². The summed E-state index contributed by atoms with van der Waals surface area (Å²) in [6, 6.07) is 8.27. The lowest BCUT2D eigenvalue weighted by atomic mass is 10.1. The summed E-state index contributed by atoms with van der Waals surface area (Å²) in [7, 11) is 1.82. The number of piperazine rings is 1. The predicted molar refractivity (Wildman–Crippen MR) is 118 cm³/mol. The second-order valence-corrected chi connectivity index (χ2v) is 6.71. The molecule has 1 aromatic rings. The first-order valence-electron chi connectivity index (χ1n) is 9.42. The van der Waals surface area contributed by atoms with Gasteiger partial charge in [-0.2, -0.15) is 0 Å². The number of nitrogens with zero attached hydrogens (tertiary/aromatic N) is 3. The van der Waals surface area contributed by atoms with Crippen LogP contribution in [-0.2, 0) is 6.42 Å². The topological polar surface area (TPSA) is 52.1 Å². The first kappa shape index (κ1) is 21.2. The van der Waals surface area contributed by atoms with Crippen molar-refractivity contribution < 1.29 is 4.74 Å². The zero-order chi connectivity index (χ0) is 17.5. The molecule has 2 heterocycles. The van der Waals surface area contributed by atoms with Gasteiger partial charge in [-0.3, -0.25) is 9.89 Å². The van der Waals surface area contributed by atoms with Crippen LogP contribution >= 0.6 is 24.0 Å². The summed E-state index contributed by atoms with van der Waals surface area (Å²) in [5.74, 6) is 1.87. The Kier molecular flexibility index (Phi) is 8.94. The van der Waals surface area contributed by atoms with Crippen LogP contribution in [0.3, 0.4) is 0 Å². The van der Waals surface area contributed by atoms with E-state index in [4.69, 9.17) is 4.74 Å². The van der Waals surface area contributed by atoms with Gasteiger partial charge in [0.25, 0.3) is 0 Å². The van der Waals surface area contributed by atoms with Gasteiger partial charge in [0.2, 0.25) is 0 Å². The first-order chi connectivity index (χ1) is 12.3. The van der Waals surface area contributed by atoms with Crippen molar-refractivity contribution in [1.29, 1.82) is 0 Å². The average Bonchev–Trinajstić information content (AvgIpc) is 3.08. The van der Waals surface area contributed by atoms with Crippen LogP contribution in [0.4, 0.5) is 0 Å². The molecule has 0 radical (unpaired) electrons. The number of nitrogens with one attached hydrogen (secondary N) is 2. The fraction of sp³-hybridized carbons (Fsp3) is 0.632. The lowest BCUT2D eigenvalue weighted by molar-refractivity contribution is 0.139. The van der Waals surface area contributed by atoms with Crippen LogP contribution in [0, 0.1) is 0 Å². The minimum Gasteiger partial charge on any atom is -0.488 e. The number of likely N-dealkylation sites (N-methyl/N-ethyl adjacent to an activating group) is 1. The molecule has 146 valence electrons. The average molecular weight is 473 g/mol. The zero-order valence-electron chi connectivity index (χ0n) is 15.9. The Morgan fingerprint density at radius 2 is 1.88 bits per heavy atom. The largest absolute Gasteiger partial charge is 0.488 e. The lowest BCUT2D eigenvalue weighted by Gasteiger charge is -2.34. The molecule has 7 heteroatoms. The molecule has 1 saturated heterocycles. The number of hydrogen-bond donors (Lipinski definition) is 2. The van der Waals surface area contributed by atoms with Gasteiger partial charge in [-0.25, -0.2) is 0 Å². The number of fused-ring (bicyclic) bond motifs is 1. The van der Waals surface area contributed by atoms with Crippen molar-refractivity contribution in [3.05, 3.63) is 29.8 Å². The highest BCUT2D eigenvalue weighted by Crippen LogP contribution is 2.27. The second kappa shape index (κ2) is 10.9. The summed E-state index contributed by atoms with van der Waals surface area (Å²) in [6.07, 6.45) is 1.14.